The van der Waals surface area contributed by atoms with Crippen LogP contribution in [0.4, 0.5) is 4.39 Å². The van der Waals surface area contributed by atoms with Gasteiger partial charge >= 0.3 is 0 Å². The molecule has 2 saturated heterocycles. The Morgan fingerprint density at radius 1 is 1.31 bits per heavy atom. The van der Waals surface area contributed by atoms with Gasteiger partial charge in [0, 0.05) is 30.2 Å². The van der Waals surface area contributed by atoms with Crippen LogP contribution in [-0.2, 0) is 9.47 Å². The van der Waals surface area contributed by atoms with Gasteiger partial charge in [-0.05, 0) is 43.9 Å². The fourth-order valence-electron chi connectivity index (χ4n) is 4.74. The smallest absolute Gasteiger partial charge is 0.254 e. The van der Waals surface area contributed by atoms with E-state index in [1.54, 1.807) is 0 Å². The highest BCUT2D eigenvalue weighted by molar-refractivity contribution is 5.95. The molecule has 5 nitrogen and oxygen atoms in total. The Morgan fingerprint density at radius 2 is 2.19 bits per heavy atom. The molecule has 26 heavy (non-hydrogen) atoms. The molecule has 0 bridgehead atoms. The van der Waals surface area contributed by atoms with Crippen molar-refractivity contribution >= 4 is 5.91 Å². The van der Waals surface area contributed by atoms with E-state index in [9.17, 15) is 14.3 Å². The number of phenolic OH excluding ortho intramolecular Hbond substituents is 1. The number of fused-ring (bicyclic) bond motifs is 1. The van der Waals surface area contributed by atoms with Crippen molar-refractivity contribution in [3.8, 4) is 5.75 Å². The van der Waals surface area contributed by atoms with Crippen LogP contribution in [0.3, 0.4) is 0 Å². The van der Waals surface area contributed by atoms with Gasteiger partial charge in [-0.15, -0.1) is 0 Å². The van der Waals surface area contributed by atoms with E-state index in [1.165, 1.54) is 17.7 Å². The second-order valence-corrected chi connectivity index (χ2v) is 7.34. The quantitative estimate of drug-likeness (QED) is 0.823. The van der Waals surface area contributed by atoms with E-state index in [4.69, 9.17) is 9.47 Å². The summed E-state index contributed by atoms with van der Waals surface area (Å²) >= 11 is 0. The minimum Gasteiger partial charge on any atom is -0.505 e. The summed E-state index contributed by atoms with van der Waals surface area (Å²) in [6.07, 6.45) is 5.72. The summed E-state index contributed by atoms with van der Waals surface area (Å²) in [5.41, 5.74) is 1.51. The molecule has 2 atom stereocenters. The summed E-state index contributed by atoms with van der Waals surface area (Å²) < 4.78 is 24.7. The van der Waals surface area contributed by atoms with E-state index in [1.807, 2.05) is 4.90 Å². The summed E-state index contributed by atoms with van der Waals surface area (Å²) in [5.74, 6) is -1.35. The Bertz CT molecular complexity index is 731. The van der Waals surface area contributed by atoms with E-state index < -0.39 is 11.6 Å². The van der Waals surface area contributed by atoms with Crippen molar-refractivity contribution in [2.24, 2.45) is 5.41 Å². The van der Waals surface area contributed by atoms with E-state index in [0.717, 1.165) is 31.7 Å². The third-order valence-electron chi connectivity index (χ3n) is 5.99. The molecule has 2 fully saturated rings. The average Bonchev–Trinajstić information content (AvgIpc) is 2.69. The van der Waals surface area contributed by atoms with E-state index in [-0.39, 0.29) is 17.4 Å². The number of likely N-dealkylation sites (tertiary alicyclic amines) is 1. The lowest BCUT2D eigenvalue weighted by Gasteiger charge is -2.54. The first-order valence-corrected chi connectivity index (χ1v) is 9.26. The molecule has 0 radical (unpaired) electrons. The molecule has 4 rings (SSSR count). The van der Waals surface area contributed by atoms with Crippen LogP contribution in [0, 0.1) is 11.2 Å². The van der Waals surface area contributed by atoms with Gasteiger partial charge in [0.15, 0.2) is 11.6 Å². The van der Waals surface area contributed by atoms with Gasteiger partial charge in [-0.3, -0.25) is 4.79 Å². The molecule has 0 saturated carbocycles. The molecule has 0 spiro atoms. The van der Waals surface area contributed by atoms with Gasteiger partial charge in [0.25, 0.3) is 5.91 Å². The lowest BCUT2D eigenvalue weighted by Crippen LogP contribution is -2.59. The van der Waals surface area contributed by atoms with Crippen LogP contribution in [0.5, 0.6) is 5.75 Å². The highest BCUT2D eigenvalue weighted by Crippen LogP contribution is 2.48. The number of phenols is 1. The molecular weight excluding hydrogens is 337 g/mol. The number of rotatable bonds is 2. The van der Waals surface area contributed by atoms with Crippen molar-refractivity contribution in [2.75, 3.05) is 33.0 Å². The predicted octanol–water partition coefficient (Wildman–Crippen LogP) is 2.89. The fraction of sp³-hybridized carbons (Fsp3) is 0.550. The number of ether oxygens (including phenoxy) is 2. The Morgan fingerprint density at radius 3 is 2.96 bits per heavy atom. The molecule has 1 N–H and O–H groups in total. The Balaban J connectivity index is 1.67. The van der Waals surface area contributed by atoms with Gasteiger partial charge in [-0.25, -0.2) is 4.39 Å². The van der Waals surface area contributed by atoms with E-state index in [2.05, 4.69) is 6.08 Å². The third-order valence-corrected chi connectivity index (χ3v) is 5.99. The summed E-state index contributed by atoms with van der Waals surface area (Å²) in [6.45, 7) is 3.26. The Labute approximate surface area is 152 Å². The van der Waals surface area contributed by atoms with E-state index >= 15 is 0 Å². The van der Waals surface area contributed by atoms with Gasteiger partial charge in [0.2, 0.25) is 0 Å². The molecule has 3 heterocycles. The maximum absolute atomic E-state index is 13.4. The molecule has 3 aliphatic heterocycles. The van der Waals surface area contributed by atoms with Crippen LogP contribution in [0.2, 0.25) is 0 Å². The second-order valence-electron chi connectivity index (χ2n) is 7.34. The summed E-state index contributed by atoms with van der Waals surface area (Å²) in [7, 11) is 0. The van der Waals surface area contributed by atoms with Gasteiger partial charge < -0.3 is 19.5 Å². The number of halogens is 1. The molecule has 0 aliphatic carbocycles. The molecule has 140 valence electrons. The molecule has 0 unspecified atom stereocenters. The normalized spacial score (nSPS) is 29.0. The molecular formula is C20H24FNO4. The molecule has 0 aromatic heterocycles. The second kappa shape index (κ2) is 7.00. The number of nitrogens with zero attached hydrogens (tertiary/aromatic N) is 1. The van der Waals surface area contributed by atoms with Crippen LogP contribution in [0.15, 0.2) is 29.8 Å². The zero-order valence-corrected chi connectivity index (χ0v) is 14.7. The predicted molar refractivity (Wildman–Crippen MR) is 93.5 cm³/mol. The molecule has 1 aromatic rings. The minimum atomic E-state index is -0.715. The number of piperidine rings is 1. The van der Waals surface area contributed by atoms with Crippen LogP contribution in [0.25, 0.3) is 0 Å². The maximum Gasteiger partial charge on any atom is 0.254 e. The molecule has 6 heteroatoms. The first-order valence-electron chi connectivity index (χ1n) is 9.26. The summed E-state index contributed by atoms with van der Waals surface area (Å²) in [5, 5.41) is 9.65. The first-order chi connectivity index (χ1) is 12.6. The van der Waals surface area contributed by atoms with E-state index in [0.29, 0.717) is 38.5 Å². The first kappa shape index (κ1) is 17.5. The van der Waals surface area contributed by atoms with Crippen molar-refractivity contribution in [1.82, 2.24) is 4.90 Å². The number of carbonyl (C=O) groups is 1. The number of amides is 1. The van der Waals surface area contributed by atoms with Crippen molar-refractivity contribution in [1.29, 1.82) is 0 Å². The monoisotopic (exact) mass is 361 g/mol. The minimum absolute atomic E-state index is 0.0639. The highest BCUT2D eigenvalue weighted by atomic mass is 19.1. The molecule has 1 amide bonds. The fourth-order valence-corrected chi connectivity index (χ4v) is 4.74. The van der Waals surface area contributed by atoms with Crippen LogP contribution in [0.1, 0.15) is 36.0 Å². The Kier molecular flexibility index (Phi) is 4.71. The van der Waals surface area contributed by atoms with Crippen LogP contribution >= 0.6 is 0 Å². The van der Waals surface area contributed by atoms with Crippen molar-refractivity contribution < 1.29 is 23.8 Å². The van der Waals surface area contributed by atoms with Crippen molar-refractivity contribution in [2.45, 2.75) is 31.7 Å². The highest BCUT2D eigenvalue weighted by Gasteiger charge is 2.50. The zero-order valence-electron chi connectivity index (χ0n) is 14.7. The standard InChI is InChI=1S/C20H24FNO4/c21-16-3-2-14(12-17(16)23)19(24)22-8-1-7-20(13-26-11-6-18(20)22)15-4-9-25-10-5-15/h2-4,12,18,23H,1,5-11,13H2/t18-,20-/m0/s1. The zero-order chi connectivity index (χ0) is 18.1. The van der Waals surface area contributed by atoms with Gasteiger partial charge in [0.05, 0.1) is 19.8 Å². The van der Waals surface area contributed by atoms with Crippen molar-refractivity contribution in [3.63, 3.8) is 0 Å². The lowest BCUT2D eigenvalue weighted by molar-refractivity contribution is -0.0739. The number of carbonyl (C=O) groups excluding carboxylic acids is 1. The van der Waals surface area contributed by atoms with Gasteiger partial charge in [0.1, 0.15) is 0 Å². The molecule has 3 aliphatic rings. The average molecular weight is 361 g/mol. The van der Waals surface area contributed by atoms with Crippen molar-refractivity contribution in [3.05, 3.63) is 41.2 Å². The lowest BCUT2D eigenvalue weighted by atomic mass is 9.65. The molecule has 1 aromatic carbocycles. The number of hydrogen-bond acceptors (Lipinski definition) is 4. The maximum atomic E-state index is 13.4. The SMILES string of the molecule is O=C(c1ccc(F)c(O)c1)N1CCC[C@@]2(C3=CCOCC3)COCC[C@H]12. The summed E-state index contributed by atoms with van der Waals surface area (Å²) in [4.78, 5) is 15.1. The number of hydrogen-bond donors (Lipinski definition) is 1. The topological polar surface area (TPSA) is 59.0 Å². The van der Waals surface area contributed by atoms with Crippen LogP contribution < -0.4 is 0 Å². The van der Waals surface area contributed by atoms with Gasteiger partial charge in [-0.1, -0.05) is 11.6 Å². The number of benzene rings is 1. The summed E-state index contributed by atoms with van der Waals surface area (Å²) in [6, 6.07) is 3.88. The number of aromatic hydroxyl groups is 1. The van der Waals surface area contributed by atoms with Crippen LogP contribution in [-0.4, -0.2) is 54.9 Å². The Hall–Kier alpha value is -1.92. The van der Waals surface area contributed by atoms with Gasteiger partial charge in [-0.2, -0.15) is 0 Å². The third kappa shape index (κ3) is 2.91. The largest absolute Gasteiger partial charge is 0.505 e.